The third-order valence-corrected chi connectivity index (χ3v) is 2.30. The third-order valence-electron chi connectivity index (χ3n) is 1.89. The summed E-state index contributed by atoms with van der Waals surface area (Å²) in [6, 6.07) is 5.62. The van der Waals surface area contributed by atoms with Gasteiger partial charge in [-0.2, -0.15) is 0 Å². The van der Waals surface area contributed by atoms with Crippen LogP contribution < -0.4 is 0 Å². The van der Waals surface area contributed by atoms with Crippen molar-refractivity contribution in [1.82, 2.24) is 0 Å². The maximum atomic E-state index is 8.06. The fourth-order valence-corrected chi connectivity index (χ4v) is 1.23. The molecule has 0 fully saturated rings. The second-order valence-electron chi connectivity index (χ2n) is 2.92. The summed E-state index contributed by atoms with van der Waals surface area (Å²) in [7, 11) is 0. The van der Waals surface area contributed by atoms with Crippen molar-refractivity contribution in [3.63, 3.8) is 0 Å². The molecule has 0 radical (unpaired) electrons. The quantitative estimate of drug-likeness (QED) is 0.239. The first kappa shape index (κ1) is 11.5. The van der Waals surface area contributed by atoms with Gasteiger partial charge in [-0.25, -0.2) is 0 Å². The van der Waals surface area contributed by atoms with E-state index in [2.05, 4.69) is 21.9 Å². The van der Waals surface area contributed by atoms with E-state index in [9.17, 15) is 0 Å². The summed E-state index contributed by atoms with van der Waals surface area (Å²) >= 11 is 5.94. The van der Waals surface area contributed by atoms with Crippen LogP contribution in [0.2, 0.25) is 5.02 Å². The second kappa shape index (κ2) is 5.98. The van der Waals surface area contributed by atoms with Crippen molar-refractivity contribution >= 4 is 11.6 Å². The van der Waals surface area contributed by atoms with E-state index in [1.165, 1.54) is 0 Å². The van der Waals surface area contributed by atoms with Crippen molar-refractivity contribution in [2.24, 2.45) is 5.11 Å². The summed E-state index contributed by atoms with van der Waals surface area (Å²) in [4.78, 5) is 2.65. The molecule has 0 heterocycles. The van der Waals surface area contributed by atoms with E-state index in [0.29, 0.717) is 13.0 Å². The largest absolute Gasteiger partial charge is 0.0978 e. The van der Waals surface area contributed by atoms with Gasteiger partial charge in [-0.3, -0.25) is 0 Å². The number of halogens is 1. The second-order valence-corrected chi connectivity index (χ2v) is 3.33. The lowest BCUT2D eigenvalue weighted by Gasteiger charge is -1.99. The lowest BCUT2D eigenvalue weighted by atomic mass is 10.1. The highest BCUT2D eigenvalue weighted by molar-refractivity contribution is 6.31. The van der Waals surface area contributed by atoms with E-state index >= 15 is 0 Å². The summed E-state index contributed by atoms with van der Waals surface area (Å²) in [5, 5.41) is 4.11. The number of nitrogens with zero attached hydrogens (tertiary/aromatic N) is 3. The minimum atomic E-state index is 0.406. The Balaban J connectivity index is 2.71. The molecule has 0 aliphatic carbocycles. The van der Waals surface area contributed by atoms with Gasteiger partial charge in [0.25, 0.3) is 0 Å². The highest BCUT2D eigenvalue weighted by Crippen LogP contribution is 2.17. The maximum absolute atomic E-state index is 8.06. The van der Waals surface area contributed by atoms with E-state index in [1.807, 2.05) is 25.1 Å². The monoisotopic (exact) mass is 219 g/mol. The van der Waals surface area contributed by atoms with Gasteiger partial charge in [-0.05, 0) is 30.2 Å². The molecule has 0 saturated carbocycles. The molecule has 1 aromatic carbocycles. The average molecular weight is 220 g/mol. The molecule has 0 atom stereocenters. The molecule has 0 spiro atoms. The van der Waals surface area contributed by atoms with Crippen LogP contribution in [0.5, 0.6) is 0 Å². The Morgan fingerprint density at radius 2 is 2.33 bits per heavy atom. The fourth-order valence-electron chi connectivity index (χ4n) is 1.05. The Hall–Kier alpha value is -1.62. The molecule has 0 unspecified atom stereocenters. The normalized spacial score (nSPS) is 8.67. The first-order valence-corrected chi connectivity index (χ1v) is 4.88. The predicted octanol–water partition coefficient (Wildman–Crippen LogP) is 3.70. The van der Waals surface area contributed by atoms with Crippen molar-refractivity contribution < 1.29 is 0 Å². The molecule has 0 amide bonds. The highest BCUT2D eigenvalue weighted by atomic mass is 35.5. The number of benzene rings is 1. The van der Waals surface area contributed by atoms with Crippen LogP contribution in [0.1, 0.15) is 17.5 Å². The van der Waals surface area contributed by atoms with Gasteiger partial charge in [0.05, 0.1) is 0 Å². The Morgan fingerprint density at radius 3 is 3.07 bits per heavy atom. The summed E-state index contributed by atoms with van der Waals surface area (Å²) < 4.78 is 0. The Kier molecular flexibility index (Phi) is 4.56. The molecule has 0 aromatic heterocycles. The zero-order valence-electron chi connectivity index (χ0n) is 8.37. The van der Waals surface area contributed by atoms with Crippen molar-refractivity contribution in [2.75, 3.05) is 6.54 Å². The Morgan fingerprint density at radius 1 is 1.53 bits per heavy atom. The van der Waals surface area contributed by atoms with Gasteiger partial charge >= 0.3 is 0 Å². The lowest BCUT2D eigenvalue weighted by Crippen LogP contribution is -1.83. The van der Waals surface area contributed by atoms with Gasteiger partial charge in [-0.1, -0.05) is 34.6 Å². The van der Waals surface area contributed by atoms with Crippen LogP contribution >= 0.6 is 11.6 Å². The van der Waals surface area contributed by atoms with Crippen molar-refractivity contribution in [2.45, 2.75) is 13.3 Å². The lowest BCUT2D eigenvalue weighted by molar-refractivity contribution is 1.01. The number of hydrogen-bond donors (Lipinski definition) is 0. The topological polar surface area (TPSA) is 48.8 Å². The van der Waals surface area contributed by atoms with E-state index in [4.69, 9.17) is 17.1 Å². The van der Waals surface area contributed by atoms with Crippen LogP contribution in [0, 0.1) is 18.8 Å². The van der Waals surface area contributed by atoms with Gasteiger partial charge in [-0.15, -0.1) is 0 Å². The van der Waals surface area contributed by atoms with Crippen LogP contribution in [0.4, 0.5) is 0 Å². The van der Waals surface area contributed by atoms with Gasteiger partial charge in [0.15, 0.2) is 0 Å². The zero-order chi connectivity index (χ0) is 11.1. The van der Waals surface area contributed by atoms with Crippen molar-refractivity contribution in [3.8, 4) is 11.8 Å². The minimum absolute atomic E-state index is 0.406. The summed E-state index contributed by atoms with van der Waals surface area (Å²) in [5.41, 5.74) is 9.96. The molecule has 76 valence electrons. The fraction of sp³-hybridized carbons (Fsp3) is 0.273. The summed E-state index contributed by atoms with van der Waals surface area (Å²) in [5.74, 6) is 5.93. The van der Waals surface area contributed by atoms with Gasteiger partial charge < -0.3 is 0 Å². The van der Waals surface area contributed by atoms with Gasteiger partial charge in [0, 0.05) is 28.5 Å². The molecule has 0 N–H and O–H groups in total. The molecule has 0 bridgehead atoms. The minimum Gasteiger partial charge on any atom is -0.0978 e. The van der Waals surface area contributed by atoms with Crippen LogP contribution in [0.15, 0.2) is 23.3 Å². The summed E-state index contributed by atoms with van der Waals surface area (Å²) in [6.45, 7) is 2.34. The molecular formula is C11H10ClN3. The van der Waals surface area contributed by atoms with Crippen LogP contribution in [0.25, 0.3) is 10.4 Å². The molecule has 3 nitrogen and oxygen atoms in total. The molecule has 4 heteroatoms. The van der Waals surface area contributed by atoms with Crippen LogP contribution in [0.3, 0.4) is 0 Å². The van der Waals surface area contributed by atoms with E-state index in [0.717, 1.165) is 16.1 Å². The van der Waals surface area contributed by atoms with Crippen molar-refractivity contribution in [3.05, 3.63) is 44.8 Å². The van der Waals surface area contributed by atoms with Gasteiger partial charge in [0.1, 0.15) is 0 Å². The standard InChI is InChI=1S/C11H10ClN3/c1-9-10(6-4-7-11(9)12)5-2-3-8-14-15-13/h4,6-7H,3,8H2,1H3. The first-order valence-electron chi connectivity index (χ1n) is 4.50. The Bertz CT molecular complexity index is 451. The molecule has 0 aliphatic heterocycles. The number of azide groups is 1. The third kappa shape index (κ3) is 3.55. The predicted molar refractivity (Wildman–Crippen MR) is 61.7 cm³/mol. The molecule has 1 aromatic rings. The zero-order valence-corrected chi connectivity index (χ0v) is 9.12. The molecule has 1 rings (SSSR count). The molecular weight excluding hydrogens is 210 g/mol. The molecule has 0 aliphatic rings. The average Bonchev–Trinajstić information content (AvgIpc) is 2.24. The number of hydrogen-bond acceptors (Lipinski definition) is 1. The Labute approximate surface area is 93.7 Å². The highest BCUT2D eigenvalue weighted by Gasteiger charge is 1.97. The maximum Gasteiger partial charge on any atom is 0.0447 e. The first-order chi connectivity index (χ1) is 7.25. The van der Waals surface area contributed by atoms with Crippen LogP contribution in [-0.2, 0) is 0 Å². The van der Waals surface area contributed by atoms with E-state index in [-0.39, 0.29) is 0 Å². The number of rotatable bonds is 2. The molecule has 0 saturated heterocycles. The van der Waals surface area contributed by atoms with Crippen LogP contribution in [-0.4, -0.2) is 6.54 Å². The van der Waals surface area contributed by atoms with E-state index < -0.39 is 0 Å². The van der Waals surface area contributed by atoms with E-state index in [1.54, 1.807) is 0 Å². The SMILES string of the molecule is Cc1c(Cl)cccc1C#CCCN=[N+]=[N-]. The van der Waals surface area contributed by atoms with Crippen molar-refractivity contribution in [1.29, 1.82) is 0 Å². The molecule has 15 heavy (non-hydrogen) atoms. The summed E-state index contributed by atoms with van der Waals surface area (Å²) in [6.07, 6.45) is 0.565. The smallest absolute Gasteiger partial charge is 0.0447 e. The van der Waals surface area contributed by atoms with Gasteiger partial charge in [0.2, 0.25) is 0 Å².